The van der Waals surface area contributed by atoms with E-state index >= 15 is 0 Å². The van der Waals surface area contributed by atoms with Gasteiger partial charge < -0.3 is 19.1 Å². The van der Waals surface area contributed by atoms with Crippen molar-refractivity contribution in [2.24, 2.45) is 5.18 Å². The summed E-state index contributed by atoms with van der Waals surface area (Å²) in [5.41, 5.74) is 1.99. The minimum absolute atomic E-state index is 0.152. The van der Waals surface area contributed by atoms with Gasteiger partial charge in [-0.25, -0.2) is 0 Å². The van der Waals surface area contributed by atoms with E-state index in [1.807, 2.05) is 44.2 Å². The second kappa shape index (κ2) is 7.32. The van der Waals surface area contributed by atoms with Crippen LogP contribution in [-0.2, 0) is 14.2 Å². The van der Waals surface area contributed by atoms with Crippen molar-refractivity contribution in [1.29, 1.82) is 0 Å². The SMILES string of the molecule is CC1(C)OC=C(N2CCOCC2)C(C(CN=O)c2ccccc2)O1. The lowest BCUT2D eigenvalue weighted by Gasteiger charge is -2.43. The molecule has 24 heavy (non-hydrogen) atoms. The van der Waals surface area contributed by atoms with Gasteiger partial charge in [-0.15, -0.1) is 0 Å². The molecule has 0 bridgehead atoms. The molecule has 1 fully saturated rings. The maximum atomic E-state index is 11.1. The maximum Gasteiger partial charge on any atom is 0.204 e. The first-order chi connectivity index (χ1) is 11.6. The van der Waals surface area contributed by atoms with Gasteiger partial charge in [-0.05, 0) is 5.56 Å². The van der Waals surface area contributed by atoms with Crippen molar-refractivity contribution in [2.45, 2.75) is 31.7 Å². The lowest BCUT2D eigenvalue weighted by Crippen LogP contribution is -2.48. The third-order valence-electron chi connectivity index (χ3n) is 4.41. The van der Waals surface area contributed by atoms with Crippen molar-refractivity contribution in [1.82, 2.24) is 4.90 Å². The summed E-state index contributed by atoms with van der Waals surface area (Å²) in [4.78, 5) is 13.3. The standard InChI is InChI=1S/C18H24N2O4/c1-18(2)23-13-16(20-8-10-22-11-9-20)17(24-18)15(12-19-21)14-6-4-3-5-7-14/h3-7,13,15,17H,8-12H2,1-2H3. The van der Waals surface area contributed by atoms with Crippen LogP contribution >= 0.6 is 0 Å². The lowest BCUT2D eigenvalue weighted by atomic mass is 9.90. The quantitative estimate of drug-likeness (QED) is 0.776. The number of nitroso groups, excluding NO2 is 1. The van der Waals surface area contributed by atoms with Gasteiger partial charge in [0.25, 0.3) is 0 Å². The highest BCUT2D eigenvalue weighted by molar-refractivity contribution is 5.26. The van der Waals surface area contributed by atoms with Crippen LogP contribution in [0.4, 0.5) is 0 Å². The average Bonchev–Trinajstić information content (AvgIpc) is 2.60. The number of nitrogens with zero attached hydrogens (tertiary/aromatic N) is 2. The van der Waals surface area contributed by atoms with E-state index in [0.717, 1.165) is 24.4 Å². The summed E-state index contributed by atoms with van der Waals surface area (Å²) >= 11 is 0. The Morgan fingerprint density at radius 1 is 1.25 bits per heavy atom. The molecule has 0 amide bonds. The van der Waals surface area contributed by atoms with Crippen LogP contribution in [0.15, 0.2) is 47.5 Å². The molecule has 2 aliphatic heterocycles. The zero-order valence-electron chi connectivity index (χ0n) is 14.2. The van der Waals surface area contributed by atoms with E-state index in [2.05, 4.69) is 10.1 Å². The lowest BCUT2D eigenvalue weighted by molar-refractivity contribution is -0.228. The first-order valence-corrected chi connectivity index (χ1v) is 8.33. The predicted molar refractivity (Wildman–Crippen MR) is 90.4 cm³/mol. The van der Waals surface area contributed by atoms with Gasteiger partial charge in [-0.3, -0.25) is 0 Å². The van der Waals surface area contributed by atoms with Gasteiger partial charge in [0, 0.05) is 32.9 Å². The van der Waals surface area contributed by atoms with Crippen LogP contribution in [-0.4, -0.2) is 49.6 Å². The molecule has 2 heterocycles. The predicted octanol–water partition coefficient (Wildman–Crippen LogP) is 2.86. The number of hydrogen-bond donors (Lipinski definition) is 0. The average molecular weight is 332 g/mol. The molecule has 0 aliphatic carbocycles. The minimum atomic E-state index is -0.740. The molecular weight excluding hydrogens is 308 g/mol. The van der Waals surface area contributed by atoms with Crippen LogP contribution < -0.4 is 0 Å². The van der Waals surface area contributed by atoms with Crippen LogP contribution in [0.5, 0.6) is 0 Å². The Bertz CT molecular complexity index is 582. The molecule has 1 saturated heterocycles. The zero-order valence-corrected chi connectivity index (χ0v) is 14.2. The van der Waals surface area contributed by atoms with Crippen molar-refractivity contribution in [2.75, 3.05) is 32.8 Å². The molecule has 0 radical (unpaired) electrons. The highest BCUT2D eigenvalue weighted by Crippen LogP contribution is 2.36. The highest BCUT2D eigenvalue weighted by Gasteiger charge is 2.40. The molecule has 6 heteroatoms. The van der Waals surface area contributed by atoms with Gasteiger partial charge in [-0.1, -0.05) is 35.5 Å². The molecule has 0 aromatic heterocycles. The molecule has 130 valence electrons. The number of hydrogen-bond acceptors (Lipinski definition) is 6. The van der Waals surface area contributed by atoms with Crippen molar-refractivity contribution < 1.29 is 14.2 Å². The third-order valence-corrected chi connectivity index (χ3v) is 4.41. The normalized spacial score (nSPS) is 24.7. The van der Waals surface area contributed by atoms with Crippen LogP contribution in [0.3, 0.4) is 0 Å². The molecule has 6 nitrogen and oxygen atoms in total. The monoisotopic (exact) mass is 332 g/mol. The molecule has 2 aliphatic rings. The van der Waals surface area contributed by atoms with Crippen molar-refractivity contribution in [3.8, 4) is 0 Å². The molecule has 0 spiro atoms. The van der Waals surface area contributed by atoms with Crippen LogP contribution in [0.25, 0.3) is 0 Å². The van der Waals surface area contributed by atoms with Crippen molar-refractivity contribution in [3.05, 3.63) is 52.8 Å². The third kappa shape index (κ3) is 3.76. The molecule has 0 saturated carbocycles. The summed E-state index contributed by atoms with van der Waals surface area (Å²) in [7, 11) is 0. The van der Waals surface area contributed by atoms with Crippen molar-refractivity contribution >= 4 is 0 Å². The smallest absolute Gasteiger partial charge is 0.204 e. The fourth-order valence-electron chi connectivity index (χ4n) is 3.18. The Morgan fingerprint density at radius 3 is 2.62 bits per heavy atom. The molecule has 0 N–H and O–H groups in total. The molecule has 1 aromatic carbocycles. The Balaban J connectivity index is 1.93. The van der Waals surface area contributed by atoms with E-state index in [9.17, 15) is 4.91 Å². The van der Waals surface area contributed by atoms with Crippen LogP contribution in [0.1, 0.15) is 25.3 Å². The van der Waals surface area contributed by atoms with Gasteiger partial charge in [0.2, 0.25) is 5.79 Å². The first kappa shape index (κ1) is 16.9. The topological polar surface area (TPSA) is 60.4 Å². The highest BCUT2D eigenvalue weighted by atomic mass is 16.7. The van der Waals surface area contributed by atoms with Crippen molar-refractivity contribution in [3.63, 3.8) is 0 Å². The maximum absolute atomic E-state index is 11.1. The van der Waals surface area contributed by atoms with E-state index in [1.54, 1.807) is 6.26 Å². The fourth-order valence-corrected chi connectivity index (χ4v) is 3.18. The largest absolute Gasteiger partial charge is 0.469 e. The fraction of sp³-hybridized carbons (Fsp3) is 0.556. The summed E-state index contributed by atoms with van der Waals surface area (Å²) in [6, 6.07) is 9.92. The summed E-state index contributed by atoms with van der Waals surface area (Å²) in [6.07, 6.45) is 1.49. The second-order valence-corrected chi connectivity index (χ2v) is 6.53. The Kier molecular flexibility index (Phi) is 5.16. The molecular formula is C18H24N2O4. The van der Waals surface area contributed by atoms with Crippen LogP contribution in [0.2, 0.25) is 0 Å². The molecule has 3 rings (SSSR count). The Labute approximate surface area is 142 Å². The van der Waals surface area contributed by atoms with E-state index in [0.29, 0.717) is 13.2 Å². The van der Waals surface area contributed by atoms with E-state index < -0.39 is 5.79 Å². The number of rotatable bonds is 5. The first-order valence-electron chi connectivity index (χ1n) is 8.33. The summed E-state index contributed by atoms with van der Waals surface area (Å²) in [6.45, 7) is 6.83. The summed E-state index contributed by atoms with van der Waals surface area (Å²) in [5, 5.41) is 3.17. The molecule has 1 aromatic rings. The summed E-state index contributed by atoms with van der Waals surface area (Å²) in [5.74, 6) is -0.892. The van der Waals surface area contributed by atoms with Crippen LogP contribution in [0, 0.1) is 4.91 Å². The Hall–Kier alpha value is -1.92. The van der Waals surface area contributed by atoms with Gasteiger partial charge in [0.05, 0.1) is 25.5 Å². The minimum Gasteiger partial charge on any atom is -0.469 e. The van der Waals surface area contributed by atoms with E-state index in [1.165, 1.54) is 0 Å². The van der Waals surface area contributed by atoms with Gasteiger partial charge in [-0.2, -0.15) is 4.91 Å². The number of ether oxygens (including phenoxy) is 3. The van der Waals surface area contributed by atoms with E-state index in [4.69, 9.17) is 14.2 Å². The molecule has 2 unspecified atom stereocenters. The van der Waals surface area contributed by atoms with Gasteiger partial charge >= 0.3 is 0 Å². The zero-order chi connectivity index (χ0) is 17.0. The Morgan fingerprint density at radius 2 is 1.96 bits per heavy atom. The summed E-state index contributed by atoms with van der Waals surface area (Å²) < 4.78 is 17.4. The molecule has 2 atom stereocenters. The second-order valence-electron chi connectivity index (χ2n) is 6.53. The van der Waals surface area contributed by atoms with Gasteiger partial charge in [0.1, 0.15) is 12.4 Å². The number of morpholine rings is 1. The number of benzene rings is 1. The van der Waals surface area contributed by atoms with E-state index in [-0.39, 0.29) is 18.6 Å². The van der Waals surface area contributed by atoms with Gasteiger partial charge in [0.15, 0.2) is 0 Å².